The van der Waals surface area contributed by atoms with Gasteiger partial charge in [-0.1, -0.05) is 15.9 Å². The molecule has 17 heavy (non-hydrogen) atoms. The molecule has 0 saturated heterocycles. The summed E-state index contributed by atoms with van der Waals surface area (Å²) in [5.74, 6) is 0.286. The Bertz CT molecular complexity index is 589. The van der Waals surface area contributed by atoms with Crippen LogP contribution in [0.15, 0.2) is 29.0 Å². The number of carbonyl (C=O) groups is 1. The van der Waals surface area contributed by atoms with Crippen LogP contribution in [0.5, 0.6) is 0 Å². The highest BCUT2D eigenvalue weighted by Crippen LogP contribution is 2.24. The van der Waals surface area contributed by atoms with Gasteiger partial charge in [0.1, 0.15) is 0 Å². The van der Waals surface area contributed by atoms with E-state index >= 15 is 0 Å². The Kier molecular flexibility index (Phi) is 3.02. The molecule has 1 aromatic heterocycles. The van der Waals surface area contributed by atoms with Crippen molar-refractivity contribution < 1.29 is 4.79 Å². The van der Waals surface area contributed by atoms with Crippen molar-refractivity contribution in [1.82, 2.24) is 9.55 Å². The van der Waals surface area contributed by atoms with Gasteiger partial charge < -0.3 is 10.3 Å². The summed E-state index contributed by atoms with van der Waals surface area (Å²) in [5, 5.41) is 0. The molecule has 0 bridgehead atoms. The predicted molar refractivity (Wildman–Crippen MR) is 69.9 cm³/mol. The zero-order valence-electron chi connectivity index (χ0n) is 9.57. The van der Waals surface area contributed by atoms with Gasteiger partial charge in [0.25, 0.3) is 0 Å². The first-order valence-corrected chi connectivity index (χ1v) is 5.87. The lowest BCUT2D eigenvalue weighted by Gasteiger charge is -2.08. The molecule has 1 heterocycles. The van der Waals surface area contributed by atoms with E-state index in [0.29, 0.717) is 17.1 Å². The summed E-state index contributed by atoms with van der Waals surface area (Å²) < 4.78 is 2.48. The number of hydrogen-bond acceptors (Lipinski definition) is 3. The van der Waals surface area contributed by atoms with Crippen LogP contribution in [0.3, 0.4) is 0 Å². The number of anilines is 1. The first-order chi connectivity index (χ1) is 8.00. The van der Waals surface area contributed by atoms with Gasteiger partial charge in [-0.3, -0.25) is 4.79 Å². The second-order valence-electron chi connectivity index (χ2n) is 3.86. The van der Waals surface area contributed by atoms with Gasteiger partial charge in [0, 0.05) is 35.2 Å². The van der Waals surface area contributed by atoms with E-state index in [0.717, 1.165) is 10.0 Å². The number of hydrogen-bond donors (Lipinski definition) is 1. The van der Waals surface area contributed by atoms with E-state index < -0.39 is 0 Å². The predicted octanol–water partition coefficient (Wildman–Crippen LogP) is 2.30. The Labute approximate surface area is 108 Å². The number of rotatable bonds is 2. The Balaban J connectivity index is 2.55. The molecule has 5 heteroatoms. The molecule has 0 aliphatic heterocycles. The summed E-state index contributed by atoms with van der Waals surface area (Å²) in [6, 6.07) is 3.55. The van der Waals surface area contributed by atoms with Crippen LogP contribution < -0.4 is 5.73 Å². The average molecular weight is 294 g/mol. The number of imidazole rings is 1. The van der Waals surface area contributed by atoms with Gasteiger partial charge in [0.2, 0.25) is 5.78 Å². The lowest BCUT2D eigenvalue weighted by atomic mass is 10.0. The van der Waals surface area contributed by atoms with Gasteiger partial charge in [0.05, 0.1) is 0 Å². The van der Waals surface area contributed by atoms with Crippen molar-refractivity contribution >= 4 is 27.4 Å². The van der Waals surface area contributed by atoms with Gasteiger partial charge in [-0.25, -0.2) is 4.98 Å². The van der Waals surface area contributed by atoms with E-state index in [2.05, 4.69) is 20.9 Å². The van der Waals surface area contributed by atoms with Crippen molar-refractivity contribution in [2.75, 3.05) is 5.73 Å². The number of nitrogen functional groups attached to an aromatic ring is 1. The van der Waals surface area contributed by atoms with Crippen LogP contribution in [0.1, 0.15) is 21.7 Å². The average Bonchev–Trinajstić information content (AvgIpc) is 2.69. The monoisotopic (exact) mass is 293 g/mol. The van der Waals surface area contributed by atoms with Crippen molar-refractivity contribution in [3.8, 4) is 0 Å². The maximum Gasteiger partial charge on any atom is 0.228 e. The summed E-state index contributed by atoms with van der Waals surface area (Å²) in [4.78, 5) is 16.3. The minimum atomic E-state index is -0.122. The van der Waals surface area contributed by atoms with Crippen LogP contribution >= 0.6 is 15.9 Å². The quantitative estimate of drug-likeness (QED) is 0.683. The van der Waals surface area contributed by atoms with E-state index in [-0.39, 0.29) is 5.78 Å². The number of halogens is 1. The van der Waals surface area contributed by atoms with E-state index in [4.69, 9.17) is 5.73 Å². The van der Waals surface area contributed by atoms with E-state index in [1.165, 1.54) is 0 Å². The Morgan fingerprint density at radius 3 is 2.76 bits per heavy atom. The lowest BCUT2D eigenvalue weighted by molar-refractivity contribution is 0.102. The number of benzene rings is 1. The topological polar surface area (TPSA) is 60.9 Å². The molecule has 1 aromatic carbocycles. The molecule has 0 amide bonds. The number of nitrogens with zero attached hydrogens (tertiary/aromatic N) is 2. The normalized spacial score (nSPS) is 10.5. The van der Waals surface area contributed by atoms with Crippen molar-refractivity contribution in [3.63, 3.8) is 0 Å². The smallest absolute Gasteiger partial charge is 0.228 e. The van der Waals surface area contributed by atoms with E-state index in [1.807, 2.05) is 6.92 Å². The fraction of sp³-hybridized carbons (Fsp3) is 0.167. The number of ketones is 1. The largest absolute Gasteiger partial charge is 0.398 e. The van der Waals surface area contributed by atoms with Crippen LogP contribution in [0.4, 0.5) is 5.69 Å². The molecule has 0 fully saturated rings. The molecule has 2 rings (SSSR count). The Morgan fingerprint density at radius 2 is 2.18 bits per heavy atom. The molecule has 0 radical (unpaired) electrons. The first-order valence-electron chi connectivity index (χ1n) is 5.08. The highest BCUT2D eigenvalue weighted by atomic mass is 79.9. The molecule has 0 saturated carbocycles. The molecule has 0 spiro atoms. The Hall–Kier alpha value is -1.62. The number of carbonyl (C=O) groups excluding carboxylic acids is 1. The minimum absolute atomic E-state index is 0.122. The summed E-state index contributed by atoms with van der Waals surface area (Å²) in [7, 11) is 1.79. The van der Waals surface area contributed by atoms with Crippen LogP contribution in [-0.4, -0.2) is 15.3 Å². The molecular weight excluding hydrogens is 282 g/mol. The van der Waals surface area contributed by atoms with Gasteiger partial charge >= 0.3 is 0 Å². The summed E-state index contributed by atoms with van der Waals surface area (Å²) in [6.07, 6.45) is 3.34. The fourth-order valence-electron chi connectivity index (χ4n) is 1.64. The summed E-state index contributed by atoms with van der Waals surface area (Å²) >= 11 is 3.34. The van der Waals surface area contributed by atoms with Gasteiger partial charge in [-0.15, -0.1) is 0 Å². The van der Waals surface area contributed by atoms with Crippen molar-refractivity contribution in [2.24, 2.45) is 7.05 Å². The molecule has 4 nitrogen and oxygen atoms in total. The van der Waals surface area contributed by atoms with Crippen LogP contribution in [0.25, 0.3) is 0 Å². The SMILES string of the molecule is Cc1c(N)cc(Br)cc1C(=O)c1nccn1C. The molecular formula is C12H12BrN3O. The number of nitrogens with two attached hydrogens (primary N) is 1. The van der Waals surface area contributed by atoms with Crippen molar-refractivity contribution in [2.45, 2.75) is 6.92 Å². The second kappa shape index (κ2) is 4.33. The standard InChI is InChI=1S/C12H12BrN3O/c1-7-9(5-8(13)6-10(7)14)11(17)12-15-3-4-16(12)2/h3-6H,14H2,1-2H3. The molecule has 0 atom stereocenters. The van der Waals surface area contributed by atoms with Gasteiger partial charge in [-0.05, 0) is 24.6 Å². The zero-order valence-corrected chi connectivity index (χ0v) is 11.2. The molecule has 88 valence electrons. The molecule has 0 aliphatic rings. The van der Waals surface area contributed by atoms with Gasteiger partial charge in [-0.2, -0.15) is 0 Å². The van der Waals surface area contributed by atoms with Crippen LogP contribution in [-0.2, 0) is 7.05 Å². The fourth-order valence-corrected chi connectivity index (χ4v) is 2.12. The van der Waals surface area contributed by atoms with Crippen LogP contribution in [0, 0.1) is 6.92 Å². The van der Waals surface area contributed by atoms with Crippen molar-refractivity contribution in [1.29, 1.82) is 0 Å². The van der Waals surface area contributed by atoms with E-state index in [9.17, 15) is 4.79 Å². The van der Waals surface area contributed by atoms with E-state index in [1.54, 1.807) is 36.1 Å². The second-order valence-corrected chi connectivity index (χ2v) is 4.77. The highest BCUT2D eigenvalue weighted by Gasteiger charge is 2.17. The maximum absolute atomic E-state index is 12.3. The lowest BCUT2D eigenvalue weighted by Crippen LogP contribution is -2.11. The third kappa shape index (κ3) is 2.10. The molecule has 0 aliphatic carbocycles. The first kappa shape index (κ1) is 11.9. The Morgan fingerprint density at radius 1 is 1.47 bits per heavy atom. The zero-order chi connectivity index (χ0) is 12.6. The number of aromatic nitrogens is 2. The third-order valence-electron chi connectivity index (χ3n) is 2.68. The van der Waals surface area contributed by atoms with Crippen LogP contribution in [0.2, 0.25) is 0 Å². The molecule has 2 aromatic rings. The summed E-state index contributed by atoms with van der Waals surface area (Å²) in [5.41, 5.74) is 7.79. The molecule has 0 unspecified atom stereocenters. The third-order valence-corrected chi connectivity index (χ3v) is 3.14. The highest BCUT2D eigenvalue weighted by molar-refractivity contribution is 9.10. The van der Waals surface area contributed by atoms with Crippen molar-refractivity contribution in [3.05, 3.63) is 46.0 Å². The minimum Gasteiger partial charge on any atom is -0.398 e. The summed E-state index contributed by atoms with van der Waals surface area (Å²) in [6.45, 7) is 1.83. The number of aryl methyl sites for hydroxylation is 1. The van der Waals surface area contributed by atoms with Gasteiger partial charge in [0.15, 0.2) is 5.82 Å². The molecule has 2 N–H and O–H groups in total. The maximum atomic E-state index is 12.3.